The standard InChI is InChI=1S/C60H115NO18/c1-3-5-7-9-11-12-13-14-15-16-17-18-19-20-21-22-23-24-25-26-27-28-29-30-32-33-35-37-44(65)43(61-48(66)38-36-34-31-10-8-6-4-2)42-74-58-54(72)51(69)56(46(40-63)76-58)79-60-55(73)52(70)57(47(41-64)77-60)78-59-53(71)50(68)49(67)45(39-62)75-59/h43-47,49-60,62-65,67-73H,3-42H2,1-2H3,(H,61,66). The van der Waals surface area contributed by atoms with Crippen LogP contribution in [-0.4, -0.2) is 193 Å². The number of rotatable bonds is 48. The van der Waals surface area contributed by atoms with Crippen molar-refractivity contribution < 1.29 is 89.4 Å². The van der Waals surface area contributed by atoms with E-state index in [0.29, 0.717) is 12.8 Å². The van der Waals surface area contributed by atoms with Crippen LogP contribution >= 0.6 is 0 Å². The van der Waals surface area contributed by atoms with E-state index < -0.39 is 124 Å². The van der Waals surface area contributed by atoms with Gasteiger partial charge in [0.1, 0.15) is 73.2 Å². The Morgan fingerprint density at radius 2 is 0.722 bits per heavy atom. The molecular weight excluding hydrogens is 1020 g/mol. The van der Waals surface area contributed by atoms with Crippen LogP contribution in [0.5, 0.6) is 0 Å². The van der Waals surface area contributed by atoms with Crippen molar-refractivity contribution in [1.29, 1.82) is 0 Å². The minimum Gasteiger partial charge on any atom is -0.394 e. The second kappa shape index (κ2) is 44.3. The molecule has 3 aliphatic rings. The van der Waals surface area contributed by atoms with Crippen LogP contribution in [0.2, 0.25) is 0 Å². The molecule has 1 amide bonds. The van der Waals surface area contributed by atoms with Crippen LogP contribution in [0, 0.1) is 0 Å². The molecule has 3 aliphatic heterocycles. The fraction of sp³-hybridized carbons (Fsp3) is 0.983. The largest absolute Gasteiger partial charge is 0.394 e. The summed E-state index contributed by atoms with van der Waals surface area (Å²) in [6, 6.07) is -0.878. The SMILES string of the molecule is CCCCCCCCCCCCCCCCCCCCCCCCCCCCCC(O)C(COC1OC(CO)C(OC2OC(CO)C(OC3OC(CO)C(O)C(O)C3O)C(O)C2O)C(O)C1O)NC(=O)CCCCCCCCC. The zero-order chi connectivity index (χ0) is 57.6. The predicted octanol–water partition coefficient (Wildman–Crippen LogP) is 6.38. The average Bonchev–Trinajstić information content (AvgIpc) is 3.47. The molecule has 468 valence electrons. The Kier molecular flexibility index (Phi) is 40.4. The first kappa shape index (κ1) is 72.1. The van der Waals surface area contributed by atoms with E-state index in [9.17, 15) is 61.0 Å². The Labute approximate surface area is 474 Å². The van der Waals surface area contributed by atoms with E-state index in [1.807, 2.05) is 0 Å². The highest BCUT2D eigenvalue weighted by Gasteiger charge is 2.53. The van der Waals surface area contributed by atoms with Gasteiger partial charge in [-0.3, -0.25) is 4.79 Å². The molecule has 3 fully saturated rings. The summed E-state index contributed by atoms with van der Waals surface area (Å²) in [5.74, 6) is -0.247. The number of carbonyl (C=O) groups excluding carboxylic acids is 1. The highest BCUT2D eigenvalue weighted by Crippen LogP contribution is 2.33. The summed E-state index contributed by atoms with van der Waals surface area (Å²) in [4.78, 5) is 13.2. The van der Waals surface area contributed by atoms with Gasteiger partial charge in [-0.2, -0.15) is 0 Å². The Morgan fingerprint density at radius 3 is 1.10 bits per heavy atom. The van der Waals surface area contributed by atoms with Crippen molar-refractivity contribution in [2.45, 2.75) is 349 Å². The van der Waals surface area contributed by atoms with E-state index >= 15 is 0 Å². The topological polar surface area (TPSA) is 307 Å². The summed E-state index contributed by atoms with van der Waals surface area (Å²) in [6.45, 7) is 1.75. The molecule has 3 heterocycles. The second-order valence-electron chi connectivity index (χ2n) is 23.2. The highest BCUT2D eigenvalue weighted by molar-refractivity contribution is 5.76. The lowest BCUT2D eigenvalue weighted by Crippen LogP contribution is -2.66. The van der Waals surface area contributed by atoms with Gasteiger partial charge in [0.05, 0.1) is 38.6 Å². The molecule has 79 heavy (non-hydrogen) atoms. The van der Waals surface area contributed by atoms with E-state index in [2.05, 4.69) is 19.2 Å². The zero-order valence-corrected chi connectivity index (χ0v) is 48.9. The molecule has 17 unspecified atom stereocenters. The second-order valence-corrected chi connectivity index (χ2v) is 23.2. The third-order valence-electron chi connectivity index (χ3n) is 16.4. The number of nitrogens with one attached hydrogen (secondary N) is 1. The average molecular weight is 1140 g/mol. The van der Waals surface area contributed by atoms with Crippen molar-refractivity contribution in [3.63, 3.8) is 0 Å². The number of aliphatic hydroxyl groups excluding tert-OH is 11. The lowest BCUT2D eigenvalue weighted by Gasteiger charge is -2.48. The molecule has 3 saturated heterocycles. The number of carbonyl (C=O) groups is 1. The molecule has 0 radical (unpaired) electrons. The molecule has 19 heteroatoms. The van der Waals surface area contributed by atoms with Crippen LogP contribution in [0.4, 0.5) is 0 Å². The monoisotopic (exact) mass is 1140 g/mol. The molecule has 0 aromatic heterocycles. The number of aliphatic hydroxyl groups is 11. The maximum atomic E-state index is 13.2. The molecule has 19 nitrogen and oxygen atoms in total. The summed E-state index contributed by atoms with van der Waals surface area (Å²) < 4.78 is 34.2. The first-order valence-corrected chi connectivity index (χ1v) is 31.8. The molecule has 3 rings (SSSR count). The Hall–Kier alpha value is -1.21. The molecular formula is C60H115NO18. The molecule has 12 N–H and O–H groups in total. The Bertz CT molecular complexity index is 1450. The Balaban J connectivity index is 1.37. The van der Waals surface area contributed by atoms with Gasteiger partial charge >= 0.3 is 0 Å². The summed E-state index contributed by atoms with van der Waals surface area (Å²) in [6.07, 6.45) is 16.7. The summed E-state index contributed by atoms with van der Waals surface area (Å²) in [5.41, 5.74) is 0. The summed E-state index contributed by atoms with van der Waals surface area (Å²) >= 11 is 0. The molecule has 0 aromatic carbocycles. The van der Waals surface area contributed by atoms with Crippen molar-refractivity contribution >= 4 is 5.91 Å². The predicted molar refractivity (Wildman–Crippen MR) is 300 cm³/mol. The zero-order valence-electron chi connectivity index (χ0n) is 48.9. The van der Waals surface area contributed by atoms with Crippen molar-refractivity contribution in [3.8, 4) is 0 Å². The van der Waals surface area contributed by atoms with Gasteiger partial charge in [0.2, 0.25) is 5.91 Å². The lowest BCUT2D eigenvalue weighted by molar-refractivity contribution is -0.379. The smallest absolute Gasteiger partial charge is 0.220 e. The van der Waals surface area contributed by atoms with Gasteiger partial charge in [-0.15, -0.1) is 0 Å². The van der Waals surface area contributed by atoms with Gasteiger partial charge in [-0.25, -0.2) is 0 Å². The van der Waals surface area contributed by atoms with E-state index in [-0.39, 0.29) is 18.9 Å². The number of hydrogen-bond acceptors (Lipinski definition) is 18. The van der Waals surface area contributed by atoms with Crippen LogP contribution in [0.15, 0.2) is 0 Å². The minimum absolute atomic E-state index is 0.247. The summed E-state index contributed by atoms with van der Waals surface area (Å²) in [7, 11) is 0. The van der Waals surface area contributed by atoms with Gasteiger partial charge in [0.15, 0.2) is 18.9 Å². The fourth-order valence-corrected chi connectivity index (χ4v) is 11.2. The summed E-state index contributed by atoms with van der Waals surface area (Å²) in [5, 5.41) is 120. The fourth-order valence-electron chi connectivity index (χ4n) is 11.2. The van der Waals surface area contributed by atoms with Crippen LogP contribution < -0.4 is 5.32 Å². The van der Waals surface area contributed by atoms with Gasteiger partial charge in [0, 0.05) is 6.42 Å². The van der Waals surface area contributed by atoms with Gasteiger partial charge in [-0.05, 0) is 12.8 Å². The normalized spacial score (nSPS) is 30.2. The van der Waals surface area contributed by atoms with E-state index in [0.717, 1.165) is 51.4 Å². The van der Waals surface area contributed by atoms with Crippen molar-refractivity contribution in [3.05, 3.63) is 0 Å². The van der Waals surface area contributed by atoms with Crippen molar-refractivity contribution in [2.75, 3.05) is 26.4 Å². The number of hydrogen-bond donors (Lipinski definition) is 12. The maximum Gasteiger partial charge on any atom is 0.220 e. The van der Waals surface area contributed by atoms with E-state index in [1.54, 1.807) is 0 Å². The van der Waals surface area contributed by atoms with Crippen molar-refractivity contribution in [1.82, 2.24) is 5.32 Å². The van der Waals surface area contributed by atoms with Gasteiger partial charge in [-0.1, -0.05) is 226 Å². The molecule has 17 atom stereocenters. The van der Waals surface area contributed by atoms with Crippen molar-refractivity contribution in [2.24, 2.45) is 0 Å². The molecule has 0 spiro atoms. The number of ether oxygens (including phenoxy) is 6. The van der Waals surface area contributed by atoms with Crippen LogP contribution in [0.3, 0.4) is 0 Å². The Morgan fingerprint density at radius 1 is 0.405 bits per heavy atom. The number of unbranched alkanes of at least 4 members (excludes halogenated alkanes) is 32. The van der Waals surface area contributed by atoms with Crippen LogP contribution in [0.1, 0.15) is 245 Å². The van der Waals surface area contributed by atoms with Crippen LogP contribution in [0.25, 0.3) is 0 Å². The lowest BCUT2D eigenvalue weighted by atomic mass is 9.96. The minimum atomic E-state index is -1.97. The molecule has 0 aromatic rings. The highest BCUT2D eigenvalue weighted by atomic mass is 16.8. The van der Waals surface area contributed by atoms with E-state index in [4.69, 9.17) is 28.4 Å². The molecule has 0 saturated carbocycles. The maximum absolute atomic E-state index is 13.2. The van der Waals surface area contributed by atoms with Crippen LogP contribution in [-0.2, 0) is 33.2 Å². The van der Waals surface area contributed by atoms with Gasteiger partial charge in [0.25, 0.3) is 0 Å². The first-order valence-electron chi connectivity index (χ1n) is 31.8. The third kappa shape index (κ3) is 28.0. The quantitative estimate of drug-likeness (QED) is 0.0294. The van der Waals surface area contributed by atoms with Gasteiger partial charge < -0.3 is 89.9 Å². The number of amides is 1. The van der Waals surface area contributed by atoms with E-state index in [1.165, 1.54) is 161 Å². The third-order valence-corrected chi connectivity index (χ3v) is 16.4. The molecule has 0 aliphatic carbocycles. The molecule has 0 bridgehead atoms. The first-order chi connectivity index (χ1) is 38.3.